The maximum Gasteiger partial charge on any atom is 0.349 e. The number of hydrogen-bond acceptors (Lipinski definition) is 3. The van der Waals surface area contributed by atoms with Crippen LogP contribution in [0.5, 0.6) is 0 Å². The second-order valence-corrected chi connectivity index (χ2v) is 13.4. The van der Waals surface area contributed by atoms with Gasteiger partial charge in [0.25, 0.3) is 0 Å². The van der Waals surface area contributed by atoms with E-state index in [0.717, 1.165) is 19.3 Å². The molecule has 0 aromatic carbocycles. The molecule has 0 fully saturated rings. The molecule has 2 unspecified atom stereocenters. The molecule has 0 rings (SSSR count). The van der Waals surface area contributed by atoms with Crippen LogP contribution in [0.15, 0.2) is 0 Å². The van der Waals surface area contributed by atoms with Gasteiger partial charge in [0.05, 0.1) is 8.80 Å². The molecular weight excluding hydrogens is 270 g/mol. The number of hydrogen-bond donors (Lipinski definition) is 0. The predicted octanol–water partition coefficient (Wildman–Crippen LogP) is 3.19. The van der Waals surface area contributed by atoms with Gasteiger partial charge in [-0.25, -0.2) is 0 Å². The third-order valence-electron chi connectivity index (χ3n) is 3.63. The smallest absolute Gasteiger partial charge is 0.349 e. The Morgan fingerprint density at radius 3 is 2.05 bits per heavy atom. The van der Waals surface area contributed by atoms with E-state index in [9.17, 15) is 0 Å². The molecule has 0 aromatic heterocycles. The predicted molar refractivity (Wildman–Crippen MR) is 89.7 cm³/mol. The van der Waals surface area contributed by atoms with Gasteiger partial charge in [0.1, 0.15) is 0 Å². The summed E-state index contributed by atoms with van der Waals surface area (Å²) in [5.74, 6) is 0. The molecule has 0 aliphatic rings. The fourth-order valence-electron chi connectivity index (χ4n) is 2.12. The monoisotopic (exact) mass is 305 g/mol. The van der Waals surface area contributed by atoms with E-state index in [4.69, 9.17) is 8.85 Å². The molecule has 0 radical (unpaired) electrons. The molecule has 0 bridgehead atoms. The van der Waals surface area contributed by atoms with Crippen LogP contribution in [0.4, 0.5) is 0 Å². The number of nitrogens with zero attached hydrogens (tertiary/aromatic N) is 1. The Hall–Kier alpha value is 0.314. The van der Waals surface area contributed by atoms with Crippen molar-refractivity contribution in [1.82, 2.24) is 4.90 Å². The van der Waals surface area contributed by atoms with Crippen LogP contribution in [0.2, 0.25) is 19.6 Å². The zero-order chi connectivity index (χ0) is 15.3. The van der Waals surface area contributed by atoms with E-state index >= 15 is 0 Å². The SMILES string of the molecule is CCO[Si](C)(CN(CC)C(C)(C)C)OC(C)[SiH](C)C. The average molecular weight is 306 g/mol. The largest absolute Gasteiger partial charge is 0.394 e. The van der Waals surface area contributed by atoms with Gasteiger partial charge in [-0.05, 0) is 47.7 Å². The van der Waals surface area contributed by atoms with Gasteiger partial charge in [-0.1, -0.05) is 20.0 Å². The van der Waals surface area contributed by atoms with Gasteiger partial charge in [-0.3, -0.25) is 4.90 Å². The maximum absolute atomic E-state index is 6.40. The summed E-state index contributed by atoms with van der Waals surface area (Å²) in [5, 5.41) is 0. The van der Waals surface area contributed by atoms with Crippen molar-refractivity contribution in [2.24, 2.45) is 0 Å². The third kappa shape index (κ3) is 7.04. The lowest BCUT2D eigenvalue weighted by Crippen LogP contribution is -2.57. The zero-order valence-electron chi connectivity index (χ0n) is 14.5. The third-order valence-corrected chi connectivity index (χ3v) is 8.64. The molecular formula is C14H35NO2Si2. The minimum atomic E-state index is -2.11. The maximum atomic E-state index is 6.40. The summed E-state index contributed by atoms with van der Waals surface area (Å²) >= 11 is 0. The first kappa shape index (κ1) is 19.3. The van der Waals surface area contributed by atoms with Crippen LogP contribution in [0.3, 0.4) is 0 Å². The molecule has 0 heterocycles. The van der Waals surface area contributed by atoms with Crippen molar-refractivity contribution in [3.8, 4) is 0 Å². The van der Waals surface area contributed by atoms with Gasteiger partial charge >= 0.3 is 8.56 Å². The highest BCUT2D eigenvalue weighted by molar-refractivity contribution is 6.68. The van der Waals surface area contributed by atoms with Crippen LogP contribution in [-0.2, 0) is 8.85 Å². The van der Waals surface area contributed by atoms with Gasteiger partial charge in [0, 0.05) is 24.0 Å². The van der Waals surface area contributed by atoms with E-state index < -0.39 is 17.4 Å². The first-order valence-electron chi connectivity index (χ1n) is 7.62. The summed E-state index contributed by atoms with van der Waals surface area (Å²) in [6.07, 6.45) is 0.951. The summed E-state index contributed by atoms with van der Waals surface area (Å²) in [6, 6.07) is 0. The molecule has 19 heavy (non-hydrogen) atoms. The van der Waals surface area contributed by atoms with Crippen LogP contribution >= 0.6 is 0 Å². The Morgan fingerprint density at radius 2 is 1.74 bits per heavy atom. The van der Waals surface area contributed by atoms with E-state index in [-0.39, 0.29) is 5.54 Å². The van der Waals surface area contributed by atoms with E-state index in [1.165, 1.54) is 0 Å². The second-order valence-electron chi connectivity index (χ2n) is 6.82. The van der Waals surface area contributed by atoms with Crippen molar-refractivity contribution < 1.29 is 8.85 Å². The van der Waals surface area contributed by atoms with Gasteiger partial charge in [-0.2, -0.15) is 0 Å². The van der Waals surface area contributed by atoms with Crippen LogP contribution in [-0.4, -0.2) is 52.8 Å². The summed E-state index contributed by atoms with van der Waals surface area (Å²) in [5.41, 5.74) is 0.559. The van der Waals surface area contributed by atoms with Crippen LogP contribution in [0, 0.1) is 0 Å². The van der Waals surface area contributed by atoms with Crippen LogP contribution in [0.1, 0.15) is 41.5 Å². The molecule has 0 aliphatic heterocycles. The molecule has 116 valence electrons. The molecule has 0 N–H and O–H groups in total. The molecule has 0 spiro atoms. The second kappa shape index (κ2) is 7.93. The van der Waals surface area contributed by atoms with E-state index in [2.05, 4.69) is 66.1 Å². The molecule has 0 aliphatic carbocycles. The fraction of sp³-hybridized carbons (Fsp3) is 1.00. The Kier molecular flexibility index (Phi) is 8.06. The Bertz CT molecular complexity index is 256. The molecule has 0 saturated heterocycles. The molecule has 2 atom stereocenters. The Morgan fingerprint density at radius 1 is 1.21 bits per heavy atom. The van der Waals surface area contributed by atoms with Crippen molar-refractivity contribution in [3.05, 3.63) is 0 Å². The van der Waals surface area contributed by atoms with Crippen molar-refractivity contribution in [2.75, 3.05) is 19.3 Å². The Balaban J connectivity index is 4.87. The van der Waals surface area contributed by atoms with Crippen molar-refractivity contribution >= 4 is 17.4 Å². The lowest BCUT2D eigenvalue weighted by atomic mass is 10.1. The average Bonchev–Trinajstić information content (AvgIpc) is 2.24. The van der Waals surface area contributed by atoms with E-state index in [1.807, 2.05) is 0 Å². The topological polar surface area (TPSA) is 21.7 Å². The Labute approximate surface area is 123 Å². The molecule has 3 nitrogen and oxygen atoms in total. The van der Waals surface area contributed by atoms with Crippen molar-refractivity contribution in [2.45, 2.75) is 72.4 Å². The lowest BCUT2D eigenvalue weighted by Gasteiger charge is -2.41. The molecule has 0 aromatic rings. The minimum absolute atomic E-state index is 0.169. The molecule has 5 heteroatoms. The standard InChI is InChI=1S/C14H35NO2Si2/c1-10-15(14(4,5)6)12-19(9,16-11-2)17-13(3)18(7)8/h13,18H,10-12H2,1-9H3. The minimum Gasteiger partial charge on any atom is -0.394 e. The van der Waals surface area contributed by atoms with Gasteiger partial charge in [-0.15, -0.1) is 0 Å². The highest BCUT2D eigenvalue weighted by Gasteiger charge is 2.38. The lowest BCUT2D eigenvalue weighted by molar-refractivity contribution is 0.112. The zero-order valence-corrected chi connectivity index (χ0v) is 16.7. The van der Waals surface area contributed by atoms with E-state index in [1.54, 1.807) is 0 Å². The first-order valence-corrected chi connectivity index (χ1v) is 13.1. The van der Waals surface area contributed by atoms with Gasteiger partial charge < -0.3 is 8.85 Å². The normalized spacial score (nSPS) is 17.8. The molecule has 0 saturated carbocycles. The number of rotatable bonds is 8. The summed E-state index contributed by atoms with van der Waals surface area (Å²) in [4.78, 5) is 2.48. The van der Waals surface area contributed by atoms with Crippen molar-refractivity contribution in [3.63, 3.8) is 0 Å². The highest BCUT2D eigenvalue weighted by Crippen LogP contribution is 2.20. The van der Waals surface area contributed by atoms with Gasteiger partial charge in [0.15, 0.2) is 0 Å². The van der Waals surface area contributed by atoms with E-state index in [0.29, 0.717) is 5.73 Å². The van der Waals surface area contributed by atoms with Gasteiger partial charge in [0.2, 0.25) is 0 Å². The van der Waals surface area contributed by atoms with Crippen LogP contribution in [0.25, 0.3) is 0 Å². The molecule has 0 amide bonds. The highest BCUT2D eigenvalue weighted by atomic mass is 28.4. The summed E-state index contributed by atoms with van der Waals surface area (Å²) in [6.45, 7) is 22.0. The summed E-state index contributed by atoms with van der Waals surface area (Å²) < 4.78 is 12.5. The fourth-order valence-corrected chi connectivity index (χ4v) is 7.10. The van der Waals surface area contributed by atoms with Crippen molar-refractivity contribution in [1.29, 1.82) is 0 Å². The first-order chi connectivity index (χ1) is 8.55. The van der Waals surface area contributed by atoms with Crippen LogP contribution < -0.4 is 0 Å². The summed E-state index contributed by atoms with van der Waals surface area (Å²) in [7, 11) is -2.88. The quantitative estimate of drug-likeness (QED) is 0.643.